The normalized spacial score (nSPS) is 10.9. The van der Waals surface area contributed by atoms with Gasteiger partial charge in [0.1, 0.15) is 17.2 Å². The summed E-state index contributed by atoms with van der Waals surface area (Å²) in [6, 6.07) is 9.06. The van der Waals surface area contributed by atoms with Gasteiger partial charge in [-0.2, -0.15) is 0 Å². The van der Waals surface area contributed by atoms with Crippen molar-refractivity contribution in [2.45, 2.75) is 6.42 Å². The Labute approximate surface area is 187 Å². The maximum Gasteiger partial charge on any atom is 0.317 e. The van der Waals surface area contributed by atoms with E-state index in [1.54, 1.807) is 24.3 Å². The van der Waals surface area contributed by atoms with E-state index in [0.29, 0.717) is 5.39 Å². The zero-order valence-corrected chi connectivity index (χ0v) is 18.0. The lowest BCUT2D eigenvalue weighted by atomic mass is 10.1. The number of carbonyl (C=O) groups excluding carboxylic acids is 2. The summed E-state index contributed by atoms with van der Waals surface area (Å²) < 4.78 is 18.8. The Morgan fingerprint density at radius 1 is 1.06 bits per heavy atom. The molecular formula is C22H19FN6O4. The van der Waals surface area contributed by atoms with Crippen molar-refractivity contribution in [1.82, 2.24) is 25.1 Å². The van der Waals surface area contributed by atoms with Crippen molar-refractivity contribution in [3.8, 4) is 17.3 Å². The number of likely N-dealkylation sites (N-methyl/N-ethyl adjacent to an activating group) is 2. The van der Waals surface area contributed by atoms with E-state index in [1.165, 1.54) is 39.5 Å². The number of hydrogen-bond donors (Lipinski definition) is 1. The third kappa shape index (κ3) is 4.20. The summed E-state index contributed by atoms with van der Waals surface area (Å²) in [6.45, 7) is 0. The Morgan fingerprint density at radius 2 is 1.79 bits per heavy atom. The molecule has 1 N–H and O–H groups in total. The van der Waals surface area contributed by atoms with E-state index < -0.39 is 11.8 Å². The number of aromatic nitrogens is 4. The van der Waals surface area contributed by atoms with Crippen molar-refractivity contribution >= 4 is 28.5 Å². The average Bonchev–Trinajstić information content (AvgIpc) is 3.27. The van der Waals surface area contributed by atoms with Crippen LogP contribution in [0.4, 0.5) is 10.2 Å². The van der Waals surface area contributed by atoms with Crippen LogP contribution in [0.2, 0.25) is 0 Å². The second kappa shape index (κ2) is 8.61. The molecule has 2 amide bonds. The Bertz CT molecular complexity index is 1350. The number of nitrogens with zero attached hydrogens (tertiary/aromatic N) is 6. The molecule has 0 aliphatic carbocycles. The van der Waals surface area contributed by atoms with Crippen LogP contribution >= 0.6 is 0 Å². The van der Waals surface area contributed by atoms with Crippen LogP contribution < -0.4 is 4.90 Å². The average molecular weight is 450 g/mol. The highest BCUT2D eigenvalue weighted by atomic mass is 19.1. The van der Waals surface area contributed by atoms with Gasteiger partial charge in [0.15, 0.2) is 11.4 Å². The predicted molar refractivity (Wildman–Crippen MR) is 116 cm³/mol. The van der Waals surface area contributed by atoms with Gasteiger partial charge in [-0.25, -0.2) is 9.37 Å². The van der Waals surface area contributed by atoms with Crippen LogP contribution in [0.3, 0.4) is 0 Å². The number of pyridine rings is 2. The summed E-state index contributed by atoms with van der Waals surface area (Å²) in [7, 11) is 4.32. The van der Waals surface area contributed by atoms with Gasteiger partial charge in [-0.15, -0.1) is 10.2 Å². The molecule has 3 aromatic heterocycles. The van der Waals surface area contributed by atoms with E-state index in [4.69, 9.17) is 4.42 Å². The van der Waals surface area contributed by atoms with E-state index in [-0.39, 0.29) is 46.8 Å². The SMILES string of the molecule is CN(C)C(=O)C(=O)N(C)c1nc(-c2nnc(Cc3ccc(F)cc3)o2)c(O)c2ncccc12. The molecule has 0 fully saturated rings. The van der Waals surface area contributed by atoms with Crippen LogP contribution in [0.15, 0.2) is 47.0 Å². The lowest BCUT2D eigenvalue weighted by molar-refractivity contribution is -0.142. The highest BCUT2D eigenvalue weighted by molar-refractivity contribution is 6.40. The minimum absolute atomic E-state index is 0.0874. The van der Waals surface area contributed by atoms with Crippen molar-refractivity contribution in [2.75, 3.05) is 26.0 Å². The van der Waals surface area contributed by atoms with Crippen LogP contribution in [0.1, 0.15) is 11.5 Å². The van der Waals surface area contributed by atoms with E-state index in [0.717, 1.165) is 15.4 Å². The molecule has 168 valence electrons. The first-order chi connectivity index (χ1) is 15.8. The van der Waals surface area contributed by atoms with Gasteiger partial charge in [0.2, 0.25) is 5.89 Å². The van der Waals surface area contributed by atoms with Crippen molar-refractivity contribution in [1.29, 1.82) is 0 Å². The fourth-order valence-electron chi connectivity index (χ4n) is 3.14. The van der Waals surface area contributed by atoms with Crippen molar-refractivity contribution < 1.29 is 23.5 Å². The summed E-state index contributed by atoms with van der Waals surface area (Å²) >= 11 is 0. The number of aromatic hydroxyl groups is 1. The van der Waals surface area contributed by atoms with Gasteiger partial charge in [-0.1, -0.05) is 12.1 Å². The van der Waals surface area contributed by atoms with Gasteiger partial charge in [0.05, 0.1) is 6.42 Å². The molecule has 1 aromatic carbocycles. The van der Waals surface area contributed by atoms with Gasteiger partial charge < -0.3 is 14.4 Å². The van der Waals surface area contributed by atoms with Crippen LogP contribution in [-0.2, 0) is 16.0 Å². The first-order valence-corrected chi connectivity index (χ1v) is 9.80. The van der Waals surface area contributed by atoms with Crippen molar-refractivity contribution in [3.63, 3.8) is 0 Å². The Hall–Kier alpha value is -4.41. The second-order valence-electron chi connectivity index (χ2n) is 7.40. The van der Waals surface area contributed by atoms with Crippen molar-refractivity contribution in [2.24, 2.45) is 0 Å². The van der Waals surface area contributed by atoms with Crippen LogP contribution in [0.25, 0.3) is 22.5 Å². The third-order valence-electron chi connectivity index (χ3n) is 4.86. The summed E-state index contributed by atoms with van der Waals surface area (Å²) in [4.78, 5) is 35.6. The summed E-state index contributed by atoms with van der Waals surface area (Å²) in [5, 5.41) is 19.1. The molecule has 11 heteroatoms. The molecule has 0 aliphatic heterocycles. The molecule has 33 heavy (non-hydrogen) atoms. The maximum absolute atomic E-state index is 13.1. The fourth-order valence-corrected chi connectivity index (χ4v) is 3.14. The number of anilines is 1. The topological polar surface area (TPSA) is 126 Å². The van der Waals surface area contributed by atoms with E-state index >= 15 is 0 Å². The van der Waals surface area contributed by atoms with Gasteiger partial charge >= 0.3 is 11.8 Å². The zero-order chi connectivity index (χ0) is 23.7. The predicted octanol–water partition coefficient (Wildman–Crippen LogP) is 2.17. The Kier molecular flexibility index (Phi) is 5.69. The Morgan fingerprint density at radius 3 is 2.48 bits per heavy atom. The molecule has 4 aromatic rings. The number of halogens is 1. The number of hydrogen-bond acceptors (Lipinski definition) is 8. The highest BCUT2D eigenvalue weighted by Gasteiger charge is 2.27. The number of rotatable bonds is 4. The van der Waals surface area contributed by atoms with Crippen molar-refractivity contribution in [3.05, 3.63) is 59.9 Å². The number of fused-ring (bicyclic) bond motifs is 1. The third-order valence-corrected chi connectivity index (χ3v) is 4.86. The van der Waals surface area contributed by atoms with E-state index in [2.05, 4.69) is 20.2 Å². The van der Waals surface area contributed by atoms with E-state index in [9.17, 15) is 19.1 Å². The second-order valence-corrected chi connectivity index (χ2v) is 7.40. The van der Waals surface area contributed by atoms with Crippen LogP contribution in [-0.4, -0.2) is 63.1 Å². The molecule has 0 saturated carbocycles. The first-order valence-electron chi connectivity index (χ1n) is 9.80. The standard InChI is InChI=1S/C22H19FN6O4/c1-28(2)21(31)22(32)29(3)19-14-5-4-10-24-16(14)18(30)17(25-19)20-27-26-15(33-20)11-12-6-8-13(23)9-7-12/h4-10,30H,11H2,1-3H3. The van der Waals surface area contributed by atoms with Crippen LogP contribution in [0.5, 0.6) is 5.75 Å². The van der Waals surface area contributed by atoms with Gasteiger partial charge in [0, 0.05) is 32.7 Å². The molecule has 0 unspecified atom stereocenters. The minimum Gasteiger partial charge on any atom is -0.504 e. The smallest absolute Gasteiger partial charge is 0.317 e. The number of benzene rings is 1. The van der Waals surface area contributed by atoms with E-state index in [1.807, 2.05) is 0 Å². The quantitative estimate of drug-likeness (QED) is 0.469. The lowest BCUT2D eigenvalue weighted by Gasteiger charge is -2.20. The molecule has 0 spiro atoms. The van der Waals surface area contributed by atoms with Gasteiger partial charge in [-0.05, 0) is 29.8 Å². The molecule has 0 radical (unpaired) electrons. The fraction of sp³-hybridized carbons (Fsp3) is 0.182. The largest absolute Gasteiger partial charge is 0.504 e. The molecule has 0 bridgehead atoms. The molecule has 0 saturated heterocycles. The Balaban J connectivity index is 1.77. The van der Waals surface area contributed by atoms with Crippen LogP contribution in [0, 0.1) is 5.82 Å². The van der Waals surface area contributed by atoms with Gasteiger partial charge in [0.25, 0.3) is 5.89 Å². The summed E-state index contributed by atoms with van der Waals surface area (Å²) in [5.74, 6) is -2.04. The maximum atomic E-state index is 13.1. The molecule has 3 heterocycles. The monoisotopic (exact) mass is 450 g/mol. The highest BCUT2D eigenvalue weighted by Crippen LogP contribution is 2.37. The van der Waals surface area contributed by atoms with Gasteiger partial charge in [-0.3, -0.25) is 19.5 Å². The summed E-state index contributed by atoms with van der Waals surface area (Å²) in [5.41, 5.74) is 0.802. The molecular weight excluding hydrogens is 431 g/mol. The lowest BCUT2D eigenvalue weighted by Crippen LogP contribution is -2.41. The first kappa shape index (κ1) is 21.8. The summed E-state index contributed by atoms with van der Waals surface area (Å²) in [6.07, 6.45) is 1.71. The zero-order valence-electron chi connectivity index (χ0n) is 18.0. The molecule has 4 rings (SSSR count). The molecule has 10 nitrogen and oxygen atoms in total. The minimum atomic E-state index is -0.822. The molecule has 0 aliphatic rings. The number of carbonyl (C=O) groups is 2. The molecule has 0 atom stereocenters. The number of amides is 2.